The van der Waals surface area contributed by atoms with Gasteiger partial charge < -0.3 is 10.1 Å². The first-order chi connectivity index (χ1) is 12.2. The number of rotatable bonds is 8. The predicted octanol–water partition coefficient (Wildman–Crippen LogP) is 4.08. The molecule has 1 saturated carbocycles. The van der Waals surface area contributed by atoms with Crippen molar-refractivity contribution in [2.24, 2.45) is 5.92 Å². The second kappa shape index (κ2) is 8.15. The highest BCUT2D eigenvalue weighted by atomic mass is 19.1. The average molecular weight is 341 g/mol. The van der Waals surface area contributed by atoms with E-state index in [4.69, 9.17) is 4.74 Å². The molecule has 0 spiro atoms. The molecule has 0 aliphatic heterocycles. The predicted molar refractivity (Wildman–Crippen MR) is 96.2 cm³/mol. The molecule has 1 fully saturated rings. The van der Waals surface area contributed by atoms with Gasteiger partial charge in [0.2, 0.25) is 5.91 Å². The third kappa shape index (κ3) is 4.81. The Balaban J connectivity index is 1.53. The van der Waals surface area contributed by atoms with Crippen LogP contribution < -0.4 is 10.1 Å². The van der Waals surface area contributed by atoms with E-state index in [1.807, 2.05) is 18.2 Å². The van der Waals surface area contributed by atoms with Crippen LogP contribution in [0.2, 0.25) is 0 Å². The van der Waals surface area contributed by atoms with Crippen LogP contribution in [0.25, 0.3) is 0 Å². The van der Waals surface area contributed by atoms with E-state index in [2.05, 4.69) is 17.4 Å². The molecule has 3 rings (SSSR count). The van der Waals surface area contributed by atoms with Crippen molar-refractivity contribution in [3.05, 3.63) is 65.5 Å². The molecule has 1 aliphatic carbocycles. The Morgan fingerprint density at radius 1 is 1.20 bits per heavy atom. The molecule has 2 aromatic rings. The minimum atomic E-state index is -0.217. The van der Waals surface area contributed by atoms with Crippen LogP contribution in [0.15, 0.2) is 48.5 Å². The topological polar surface area (TPSA) is 38.3 Å². The Morgan fingerprint density at radius 3 is 2.56 bits per heavy atom. The summed E-state index contributed by atoms with van der Waals surface area (Å²) >= 11 is 0. The van der Waals surface area contributed by atoms with Crippen molar-refractivity contribution < 1.29 is 13.9 Å². The molecule has 0 saturated heterocycles. The van der Waals surface area contributed by atoms with Crippen molar-refractivity contribution in [2.45, 2.75) is 31.6 Å². The average Bonchev–Trinajstić information content (AvgIpc) is 3.46. The summed E-state index contributed by atoms with van der Waals surface area (Å²) in [6.07, 6.45) is 3.35. The number of benzene rings is 2. The van der Waals surface area contributed by atoms with Crippen LogP contribution in [0.5, 0.6) is 5.75 Å². The highest BCUT2D eigenvalue weighted by molar-refractivity contribution is 5.77. The quantitative estimate of drug-likeness (QED) is 0.786. The van der Waals surface area contributed by atoms with Gasteiger partial charge >= 0.3 is 0 Å². The Labute approximate surface area is 148 Å². The SMILES string of the molecule is COc1ccc(C(CC(=O)NCCc2ccccc2F)C2CC2)cc1. The summed E-state index contributed by atoms with van der Waals surface area (Å²) in [4.78, 5) is 12.3. The number of methoxy groups -OCH3 is 1. The van der Waals surface area contributed by atoms with Gasteiger partial charge in [0.25, 0.3) is 0 Å². The Hall–Kier alpha value is -2.36. The van der Waals surface area contributed by atoms with Crippen molar-refractivity contribution in [1.82, 2.24) is 5.32 Å². The van der Waals surface area contributed by atoms with Crippen LogP contribution in [0, 0.1) is 11.7 Å². The van der Waals surface area contributed by atoms with Crippen molar-refractivity contribution in [1.29, 1.82) is 0 Å². The monoisotopic (exact) mass is 341 g/mol. The number of amides is 1. The summed E-state index contributed by atoms with van der Waals surface area (Å²) in [6, 6.07) is 14.7. The van der Waals surface area contributed by atoms with Crippen LogP contribution in [-0.4, -0.2) is 19.6 Å². The van der Waals surface area contributed by atoms with Crippen molar-refractivity contribution in [2.75, 3.05) is 13.7 Å². The molecule has 1 unspecified atom stereocenters. The summed E-state index contributed by atoms with van der Waals surface area (Å²) in [5, 5.41) is 2.93. The van der Waals surface area contributed by atoms with Crippen molar-refractivity contribution in [3.8, 4) is 5.75 Å². The van der Waals surface area contributed by atoms with Gasteiger partial charge in [0.15, 0.2) is 0 Å². The summed E-state index contributed by atoms with van der Waals surface area (Å²) in [6.45, 7) is 0.458. The zero-order valence-corrected chi connectivity index (χ0v) is 14.5. The first kappa shape index (κ1) is 17.5. The fourth-order valence-corrected chi connectivity index (χ4v) is 3.22. The van der Waals surface area contributed by atoms with Crippen LogP contribution in [-0.2, 0) is 11.2 Å². The molecule has 132 valence electrons. The Bertz CT molecular complexity index is 710. The molecule has 1 amide bonds. The number of hydrogen-bond donors (Lipinski definition) is 1. The third-order valence-corrected chi connectivity index (χ3v) is 4.81. The minimum Gasteiger partial charge on any atom is -0.497 e. The molecule has 3 nitrogen and oxygen atoms in total. The van der Waals surface area contributed by atoms with Gasteiger partial charge in [0, 0.05) is 13.0 Å². The van der Waals surface area contributed by atoms with E-state index in [9.17, 15) is 9.18 Å². The first-order valence-electron chi connectivity index (χ1n) is 8.81. The lowest BCUT2D eigenvalue weighted by Crippen LogP contribution is -2.27. The molecule has 1 N–H and O–H groups in total. The van der Waals surface area contributed by atoms with Gasteiger partial charge in [0.1, 0.15) is 11.6 Å². The smallest absolute Gasteiger partial charge is 0.220 e. The highest BCUT2D eigenvalue weighted by Crippen LogP contribution is 2.44. The van der Waals surface area contributed by atoms with Crippen LogP contribution in [0.1, 0.15) is 36.3 Å². The molecular weight excluding hydrogens is 317 g/mol. The Morgan fingerprint density at radius 2 is 1.92 bits per heavy atom. The van der Waals surface area contributed by atoms with Crippen molar-refractivity contribution in [3.63, 3.8) is 0 Å². The first-order valence-corrected chi connectivity index (χ1v) is 8.81. The lowest BCUT2D eigenvalue weighted by molar-refractivity contribution is -0.121. The molecule has 1 atom stereocenters. The van der Waals surface area contributed by atoms with Gasteiger partial charge in [-0.1, -0.05) is 30.3 Å². The maximum absolute atomic E-state index is 13.6. The maximum atomic E-state index is 13.6. The van der Waals surface area contributed by atoms with Gasteiger partial charge in [0.05, 0.1) is 7.11 Å². The second-order valence-corrected chi connectivity index (χ2v) is 6.61. The van der Waals surface area contributed by atoms with Gasteiger partial charge in [-0.25, -0.2) is 4.39 Å². The zero-order valence-electron chi connectivity index (χ0n) is 14.5. The minimum absolute atomic E-state index is 0.0315. The lowest BCUT2D eigenvalue weighted by Gasteiger charge is -2.17. The van der Waals surface area contributed by atoms with Crippen molar-refractivity contribution >= 4 is 5.91 Å². The normalized spacial score (nSPS) is 14.8. The summed E-state index contributed by atoms with van der Waals surface area (Å²) in [5.74, 6) is 1.48. The van der Waals surface area contributed by atoms with Crippen LogP contribution in [0.3, 0.4) is 0 Å². The largest absolute Gasteiger partial charge is 0.497 e. The molecule has 0 aromatic heterocycles. The van der Waals surface area contributed by atoms with E-state index in [0.717, 1.165) is 5.75 Å². The zero-order chi connectivity index (χ0) is 17.6. The molecule has 0 heterocycles. The fourth-order valence-electron chi connectivity index (χ4n) is 3.22. The van der Waals surface area contributed by atoms with E-state index >= 15 is 0 Å². The standard InChI is InChI=1S/C21H24FNO2/c1-25-18-10-8-16(9-11-18)19(15-6-7-15)14-21(24)23-13-12-17-4-2-3-5-20(17)22/h2-5,8-11,15,19H,6-7,12-14H2,1H3,(H,23,24). The van der Waals surface area contributed by atoms with Gasteiger partial charge in [-0.05, 0) is 60.4 Å². The molecule has 4 heteroatoms. The number of ether oxygens (including phenoxy) is 1. The Kier molecular flexibility index (Phi) is 5.69. The van der Waals surface area contributed by atoms with E-state index < -0.39 is 0 Å². The molecule has 0 bridgehead atoms. The van der Waals surface area contributed by atoms with Gasteiger partial charge in [-0.15, -0.1) is 0 Å². The van der Waals surface area contributed by atoms with Gasteiger partial charge in [-0.3, -0.25) is 4.79 Å². The van der Waals surface area contributed by atoms with E-state index in [1.54, 1.807) is 19.2 Å². The fraction of sp³-hybridized carbons (Fsp3) is 0.381. The highest BCUT2D eigenvalue weighted by Gasteiger charge is 2.33. The lowest BCUT2D eigenvalue weighted by atomic mass is 9.90. The number of carbonyl (C=O) groups excluding carboxylic acids is 1. The molecule has 0 radical (unpaired) electrons. The van der Waals surface area contributed by atoms with Crippen LogP contribution in [0.4, 0.5) is 4.39 Å². The van der Waals surface area contributed by atoms with E-state index in [-0.39, 0.29) is 17.6 Å². The molecule has 25 heavy (non-hydrogen) atoms. The summed E-state index contributed by atoms with van der Waals surface area (Å²) in [7, 11) is 1.65. The molecular formula is C21H24FNO2. The molecule has 1 aliphatic rings. The van der Waals surface area contributed by atoms with E-state index in [0.29, 0.717) is 30.9 Å². The number of nitrogens with one attached hydrogen (secondary N) is 1. The molecule has 2 aromatic carbocycles. The third-order valence-electron chi connectivity index (χ3n) is 4.81. The number of carbonyl (C=O) groups is 1. The van der Waals surface area contributed by atoms with Crippen LogP contribution >= 0.6 is 0 Å². The van der Waals surface area contributed by atoms with Gasteiger partial charge in [-0.2, -0.15) is 0 Å². The number of halogens is 1. The van der Waals surface area contributed by atoms with E-state index in [1.165, 1.54) is 24.5 Å². The maximum Gasteiger partial charge on any atom is 0.220 e. The summed E-state index contributed by atoms with van der Waals surface area (Å²) < 4.78 is 18.8. The number of hydrogen-bond acceptors (Lipinski definition) is 2. The second-order valence-electron chi connectivity index (χ2n) is 6.61. The summed E-state index contributed by atoms with van der Waals surface area (Å²) in [5.41, 5.74) is 1.82.